The molecule has 0 atom stereocenters. The minimum Gasteiger partial charge on any atom is -0.266 e. The molecule has 2 rings (SSSR count). The first-order valence-electron chi connectivity index (χ1n) is 4.37. The number of carbonyl (C=O) groups excluding carboxylic acids is 2. The van der Waals surface area contributed by atoms with Crippen molar-refractivity contribution in [2.75, 3.05) is 6.26 Å². The van der Waals surface area contributed by atoms with Crippen LogP contribution in [0.5, 0.6) is 0 Å². The molecule has 0 saturated heterocycles. The fourth-order valence-corrected chi connectivity index (χ4v) is 2.29. The predicted molar refractivity (Wildman–Crippen MR) is 65.6 cm³/mol. The molecule has 1 aliphatic heterocycles. The van der Waals surface area contributed by atoms with Crippen LogP contribution >= 0.6 is 22.6 Å². The first kappa shape index (κ1) is 12.5. The zero-order valence-corrected chi connectivity index (χ0v) is 11.5. The van der Waals surface area contributed by atoms with Crippen molar-refractivity contribution in [1.29, 1.82) is 0 Å². The minimum atomic E-state index is -3.92. The maximum absolute atomic E-state index is 11.7. The van der Waals surface area contributed by atoms with E-state index in [0.29, 0.717) is 0 Å². The highest BCUT2D eigenvalue weighted by molar-refractivity contribution is 14.1. The van der Waals surface area contributed by atoms with Crippen LogP contribution in [0.15, 0.2) is 18.2 Å². The van der Waals surface area contributed by atoms with Gasteiger partial charge in [0.15, 0.2) is 0 Å². The number of hydrogen-bond acceptors (Lipinski definition) is 5. The van der Waals surface area contributed by atoms with Gasteiger partial charge in [0.25, 0.3) is 21.9 Å². The largest absolute Gasteiger partial charge is 0.287 e. The molecule has 2 amide bonds. The lowest BCUT2D eigenvalue weighted by molar-refractivity contribution is -0.00980. The van der Waals surface area contributed by atoms with Crippen LogP contribution in [0.25, 0.3) is 0 Å². The first-order valence-corrected chi connectivity index (χ1v) is 7.27. The van der Waals surface area contributed by atoms with Gasteiger partial charge in [-0.3, -0.25) is 9.59 Å². The number of hydrogen-bond donors (Lipinski definition) is 0. The zero-order chi connectivity index (χ0) is 12.8. The molecule has 0 aromatic heterocycles. The van der Waals surface area contributed by atoms with Gasteiger partial charge in [0.05, 0.1) is 17.4 Å². The third-order valence-electron chi connectivity index (χ3n) is 2.02. The minimum absolute atomic E-state index is 0.138. The molecular formula is C9H6INO5S. The van der Waals surface area contributed by atoms with Crippen molar-refractivity contribution in [3.63, 3.8) is 0 Å². The molecule has 0 unspecified atom stereocenters. The fraction of sp³-hybridized carbons (Fsp3) is 0.111. The van der Waals surface area contributed by atoms with Gasteiger partial charge in [0, 0.05) is 3.57 Å². The molecule has 1 aromatic rings. The number of amides is 2. The molecular weight excluding hydrogens is 361 g/mol. The molecule has 0 fully saturated rings. The summed E-state index contributed by atoms with van der Waals surface area (Å²) in [5.41, 5.74) is 0.282. The van der Waals surface area contributed by atoms with Crippen molar-refractivity contribution >= 4 is 44.5 Å². The molecule has 0 radical (unpaired) electrons. The van der Waals surface area contributed by atoms with Crippen LogP contribution < -0.4 is 0 Å². The normalized spacial score (nSPS) is 15.3. The molecule has 0 bridgehead atoms. The smallest absolute Gasteiger partial charge is 0.266 e. The van der Waals surface area contributed by atoms with E-state index in [4.69, 9.17) is 0 Å². The van der Waals surface area contributed by atoms with E-state index in [1.165, 1.54) is 12.1 Å². The van der Waals surface area contributed by atoms with Crippen LogP contribution in [0, 0.1) is 3.57 Å². The van der Waals surface area contributed by atoms with Crippen LogP contribution in [0.1, 0.15) is 20.7 Å². The second-order valence-corrected chi connectivity index (χ2v) is 6.18. The lowest BCUT2D eigenvalue weighted by Crippen LogP contribution is -2.32. The maximum Gasteiger partial charge on any atom is 0.287 e. The Kier molecular flexibility index (Phi) is 2.96. The monoisotopic (exact) mass is 367 g/mol. The molecule has 1 heterocycles. The fourth-order valence-electron chi connectivity index (χ4n) is 1.39. The summed E-state index contributed by atoms with van der Waals surface area (Å²) in [4.78, 5) is 23.5. The van der Waals surface area contributed by atoms with E-state index < -0.39 is 21.9 Å². The maximum atomic E-state index is 11.7. The van der Waals surface area contributed by atoms with E-state index in [1.807, 2.05) is 22.6 Å². The molecule has 8 heteroatoms. The Hall–Kier alpha value is -1.00. The van der Waals surface area contributed by atoms with Gasteiger partial charge in [0.1, 0.15) is 0 Å². The SMILES string of the molecule is CS(=O)(=O)ON1C(=O)c2ccc(I)cc2C1=O. The van der Waals surface area contributed by atoms with Gasteiger partial charge in [-0.25, -0.2) is 0 Å². The second-order valence-electron chi connectivity index (χ2n) is 3.37. The average Bonchev–Trinajstić information content (AvgIpc) is 2.42. The van der Waals surface area contributed by atoms with Crippen LogP contribution in [-0.2, 0) is 14.4 Å². The van der Waals surface area contributed by atoms with Gasteiger partial charge in [-0.1, -0.05) is 0 Å². The number of hydroxylamine groups is 2. The highest BCUT2D eigenvalue weighted by Crippen LogP contribution is 2.25. The van der Waals surface area contributed by atoms with Gasteiger partial charge in [-0.15, -0.1) is 9.35 Å². The van der Waals surface area contributed by atoms with E-state index >= 15 is 0 Å². The summed E-state index contributed by atoms with van der Waals surface area (Å²) in [6.07, 6.45) is 0.764. The van der Waals surface area contributed by atoms with Crippen LogP contribution in [-0.4, -0.2) is 31.6 Å². The quantitative estimate of drug-likeness (QED) is 0.570. The number of carbonyl (C=O) groups is 2. The number of nitrogens with zero attached hydrogens (tertiary/aromatic N) is 1. The van der Waals surface area contributed by atoms with E-state index in [2.05, 4.69) is 4.28 Å². The third kappa shape index (κ3) is 2.33. The Labute approximate surface area is 111 Å². The Morgan fingerprint density at radius 2 is 1.76 bits per heavy atom. The Morgan fingerprint density at radius 1 is 1.18 bits per heavy atom. The number of benzene rings is 1. The Bertz CT molecular complexity index is 624. The first-order chi connectivity index (χ1) is 7.79. The lowest BCUT2D eigenvalue weighted by Gasteiger charge is -2.09. The highest BCUT2D eigenvalue weighted by atomic mass is 127. The molecule has 90 valence electrons. The van der Waals surface area contributed by atoms with E-state index in [9.17, 15) is 18.0 Å². The van der Waals surface area contributed by atoms with Gasteiger partial charge in [-0.05, 0) is 40.8 Å². The molecule has 1 aromatic carbocycles. The molecule has 0 aliphatic carbocycles. The van der Waals surface area contributed by atoms with Crippen LogP contribution in [0.4, 0.5) is 0 Å². The Morgan fingerprint density at radius 3 is 2.35 bits per heavy atom. The number of rotatable bonds is 2. The van der Waals surface area contributed by atoms with Crippen molar-refractivity contribution in [3.8, 4) is 0 Å². The van der Waals surface area contributed by atoms with Gasteiger partial charge < -0.3 is 0 Å². The summed E-state index contributed by atoms with van der Waals surface area (Å²) < 4.78 is 27.0. The third-order valence-corrected chi connectivity index (χ3v) is 3.11. The molecule has 0 N–H and O–H groups in total. The van der Waals surface area contributed by atoms with E-state index in [0.717, 1.165) is 9.83 Å². The summed E-state index contributed by atoms with van der Waals surface area (Å²) in [5, 5.41) is 0.260. The van der Waals surface area contributed by atoms with Crippen molar-refractivity contribution in [2.45, 2.75) is 0 Å². The van der Waals surface area contributed by atoms with Gasteiger partial charge >= 0.3 is 0 Å². The second kappa shape index (κ2) is 4.03. The standard InChI is InChI=1S/C9H6INO5S/c1-17(14,15)16-11-8(12)6-3-2-5(10)4-7(6)9(11)13/h2-4H,1H3. The van der Waals surface area contributed by atoms with Gasteiger partial charge in [0.2, 0.25) is 0 Å². The van der Waals surface area contributed by atoms with Crippen molar-refractivity contribution in [2.24, 2.45) is 0 Å². The topological polar surface area (TPSA) is 80.8 Å². The number of imide groups is 1. The molecule has 0 saturated carbocycles. The van der Waals surface area contributed by atoms with Crippen LogP contribution in [0.2, 0.25) is 0 Å². The summed E-state index contributed by atoms with van der Waals surface area (Å²) in [7, 11) is -3.92. The van der Waals surface area contributed by atoms with Crippen molar-refractivity contribution in [3.05, 3.63) is 32.9 Å². The highest BCUT2D eigenvalue weighted by Gasteiger charge is 2.39. The summed E-state index contributed by atoms with van der Waals surface area (Å²) >= 11 is 1.98. The van der Waals surface area contributed by atoms with E-state index in [1.54, 1.807) is 6.07 Å². The molecule has 0 spiro atoms. The number of halogens is 1. The van der Waals surface area contributed by atoms with Crippen molar-refractivity contribution in [1.82, 2.24) is 5.06 Å². The van der Waals surface area contributed by atoms with Crippen molar-refractivity contribution < 1.29 is 22.3 Å². The molecule has 17 heavy (non-hydrogen) atoms. The summed E-state index contributed by atoms with van der Waals surface area (Å²) in [6.45, 7) is 0. The summed E-state index contributed by atoms with van der Waals surface area (Å²) in [5.74, 6) is -1.54. The average molecular weight is 367 g/mol. The number of fused-ring (bicyclic) bond motifs is 1. The Balaban J connectivity index is 2.46. The van der Waals surface area contributed by atoms with Gasteiger partial charge in [-0.2, -0.15) is 8.42 Å². The lowest BCUT2D eigenvalue weighted by atomic mass is 10.1. The molecule has 6 nitrogen and oxygen atoms in total. The predicted octanol–water partition coefficient (Wildman–Crippen LogP) is 0.778. The summed E-state index contributed by atoms with van der Waals surface area (Å²) in [6, 6.07) is 4.61. The molecule has 1 aliphatic rings. The van der Waals surface area contributed by atoms with E-state index in [-0.39, 0.29) is 16.2 Å². The zero-order valence-electron chi connectivity index (χ0n) is 8.51. The van der Waals surface area contributed by atoms with Crippen LogP contribution in [0.3, 0.4) is 0 Å².